The average Bonchev–Trinajstić information content (AvgIpc) is 2.98. The van der Waals surface area contributed by atoms with E-state index in [0.717, 1.165) is 28.6 Å². The maximum Gasteiger partial charge on any atom is 0.290 e. The summed E-state index contributed by atoms with van der Waals surface area (Å²) in [6.07, 6.45) is 2.31. The van der Waals surface area contributed by atoms with E-state index in [2.05, 4.69) is 11.4 Å². The molecular formula is C22H23NO5S. The summed E-state index contributed by atoms with van der Waals surface area (Å²) in [5, 5.41) is 1.87. The molecule has 0 radical (unpaired) electrons. The van der Waals surface area contributed by atoms with Crippen LogP contribution in [0.1, 0.15) is 23.1 Å². The molecule has 0 aliphatic carbocycles. The number of carbonyl (C=O) groups excluding carboxylic acids is 2. The van der Waals surface area contributed by atoms with Crippen molar-refractivity contribution in [3.8, 4) is 17.2 Å². The number of ether oxygens (including phenoxy) is 3. The van der Waals surface area contributed by atoms with E-state index in [0.29, 0.717) is 41.6 Å². The van der Waals surface area contributed by atoms with Crippen LogP contribution in [-0.2, 0) is 4.79 Å². The lowest BCUT2D eigenvalue weighted by atomic mass is 10.1. The van der Waals surface area contributed by atoms with Crippen LogP contribution in [0, 0.1) is 13.8 Å². The van der Waals surface area contributed by atoms with Crippen LogP contribution in [0.5, 0.6) is 17.2 Å². The topological polar surface area (TPSA) is 73.9 Å². The Labute approximate surface area is 174 Å². The van der Waals surface area contributed by atoms with Crippen molar-refractivity contribution in [3.63, 3.8) is 0 Å². The van der Waals surface area contributed by atoms with Gasteiger partial charge in [0.15, 0.2) is 11.5 Å². The number of methoxy groups -OCH3 is 1. The van der Waals surface area contributed by atoms with E-state index in [9.17, 15) is 9.59 Å². The van der Waals surface area contributed by atoms with Crippen molar-refractivity contribution >= 4 is 29.0 Å². The zero-order chi connectivity index (χ0) is 20.8. The van der Waals surface area contributed by atoms with Gasteiger partial charge in [-0.1, -0.05) is 18.2 Å². The second-order valence-corrected chi connectivity index (χ2v) is 7.62. The fourth-order valence-corrected chi connectivity index (χ4v) is 3.64. The molecule has 0 aromatic heterocycles. The van der Waals surface area contributed by atoms with Crippen LogP contribution in [0.2, 0.25) is 0 Å². The zero-order valence-electron chi connectivity index (χ0n) is 16.6. The van der Waals surface area contributed by atoms with Crippen molar-refractivity contribution in [3.05, 3.63) is 58.0 Å². The van der Waals surface area contributed by atoms with Gasteiger partial charge in [-0.2, -0.15) is 0 Å². The quantitative estimate of drug-likeness (QED) is 0.508. The molecule has 2 aromatic rings. The zero-order valence-corrected chi connectivity index (χ0v) is 17.4. The molecule has 6 nitrogen and oxygen atoms in total. The van der Waals surface area contributed by atoms with Crippen LogP contribution in [0.4, 0.5) is 4.79 Å². The predicted octanol–water partition coefficient (Wildman–Crippen LogP) is 4.48. The largest absolute Gasteiger partial charge is 0.493 e. The molecule has 3 rings (SSSR count). The molecule has 1 aliphatic heterocycles. The van der Waals surface area contributed by atoms with Crippen molar-refractivity contribution in [2.45, 2.75) is 20.3 Å². The minimum absolute atomic E-state index is 0.325. The molecule has 1 aliphatic rings. The molecule has 0 atom stereocenters. The number of benzene rings is 2. The SMILES string of the molecule is COc1cccc(C=C2SC(=O)NC2=O)c1OCCCOc1cc(C)cc(C)c1. The first-order valence-corrected chi connectivity index (χ1v) is 10.0. The number of thioether (sulfide) groups is 1. The third kappa shape index (κ3) is 5.54. The van der Waals surface area contributed by atoms with Gasteiger partial charge in [0.05, 0.1) is 25.2 Å². The molecular weight excluding hydrogens is 390 g/mol. The summed E-state index contributed by atoms with van der Waals surface area (Å²) in [7, 11) is 1.56. The summed E-state index contributed by atoms with van der Waals surface area (Å²) in [6.45, 7) is 5.01. The van der Waals surface area contributed by atoms with Gasteiger partial charge in [-0.3, -0.25) is 14.9 Å². The molecule has 152 valence electrons. The van der Waals surface area contributed by atoms with Gasteiger partial charge >= 0.3 is 0 Å². The van der Waals surface area contributed by atoms with Gasteiger partial charge in [-0.05, 0) is 61.0 Å². The van der Waals surface area contributed by atoms with E-state index >= 15 is 0 Å². The van der Waals surface area contributed by atoms with Gasteiger partial charge in [-0.25, -0.2) is 0 Å². The molecule has 0 spiro atoms. The third-order valence-corrected chi connectivity index (χ3v) is 4.97. The highest BCUT2D eigenvalue weighted by molar-refractivity contribution is 8.18. The molecule has 7 heteroatoms. The van der Waals surface area contributed by atoms with E-state index in [1.807, 2.05) is 32.0 Å². The molecule has 0 saturated carbocycles. The fraction of sp³-hybridized carbons (Fsp3) is 0.273. The van der Waals surface area contributed by atoms with Crippen LogP contribution in [-0.4, -0.2) is 31.5 Å². The Morgan fingerprint density at radius 2 is 1.76 bits per heavy atom. The van der Waals surface area contributed by atoms with E-state index < -0.39 is 5.91 Å². The van der Waals surface area contributed by atoms with Gasteiger partial charge in [0.25, 0.3) is 11.1 Å². The first kappa shape index (κ1) is 20.8. The summed E-state index contributed by atoms with van der Waals surface area (Å²) < 4.78 is 17.1. The normalized spacial score (nSPS) is 14.8. The Bertz CT molecular complexity index is 934. The Hall–Kier alpha value is -2.93. The number of carbonyl (C=O) groups is 2. The predicted molar refractivity (Wildman–Crippen MR) is 114 cm³/mol. The molecule has 1 N–H and O–H groups in total. The lowest BCUT2D eigenvalue weighted by Crippen LogP contribution is -2.17. The summed E-state index contributed by atoms with van der Waals surface area (Å²) >= 11 is 0.868. The Kier molecular flexibility index (Phi) is 6.82. The number of imide groups is 1. The minimum atomic E-state index is -0.407. The average molecular weight is 413 g/mol. The van der Waals surface area contributed by atoms with Gasteiger partial charge in [0.1, 0.15) is 5.75 Å². The van der Waals surface area contributed by atoms with Crippen molar-refractivity contribution in [1.82, 2.24) is 5.32 Å². The summed E-state index contributed by atoms with van der Waals surface area (Å²) in [6, 6.07) is 11.5. The highest BCUT2D eigenvalue weighted by atomic mass is 32.2. The first-order valence-electron chi connectivity index (χ1n) is 9.22. The van der Waals surface area contributed by atoms with Crippen LogP contribution < -0.4 is 19.5 Å². The second-order valence-electron chi connectivity index (χ2n) is 6.60. The smallest absolute Gasteiger partial charge is 0.290 e. The Balaban J connectivity index is 1.63. The summed E-state index contributed by atoms with van der Waals surface area (Å²) in [5.41, 5.74) is 3.00. The van der Waals surface area contributed by atoms with E-state index in [-0.39, 0.29) is 5.24 Å². The van der Waals surface area contributed by atoms with Gasteiger partial charge in [0, 0.05) is 12.0 Å². The van der Waals surface area contributed by atoms with E-state index in [1.54, 1.807) is 25.3 Å². The monoisotopic (exact) mass is 413 g/mol. The van der Waals surface area contributed by atoms with Crippen LogP contribution in [0.25, 0.3) is 6.08 Å². The molecule has 2 amide bonds. The highest BCUT2D eigenvalue weighted by Crippen LogP contribution is 2.35. The van der Waals surface area contributed by atoms with Crippen LogP contribution in [0.15, 0.2) is 41.3 Å². The number of hydrogen-bond donors (Lipinski definition) is 1. The maximum absolute atomic E-state index is 11.8. The fourth-order valence-electron chi connectivity index (χ4n) is 2.96. The molecule has 1 heterocycles. The molecule has 29 heavy (non-hydrogen) atoms. The standard InChI is InChI=1S/C22H23NO5S/c1-14-10-15(2)12-17(11-14)27-8-5-9-28-20-16(6-4-7-18(20)26-3)13-19-21(24)23-22(25)29-19/h4,6-7,10-13H,5,8-9H2,1-3H3,(H,23,24,25). The molecule has 0 bridgehead atoms. The van der Waals surface area contributed by atoms with Crippen molar-refractivity contribution in [2.75, 3.05) is 20.3 Å². The summed E-state index contributed by atoms with van der Waals surface area (Å²) in [5.74, 6) is 1.53. The number of rotatable bonds is 8. The number of para-hydroxylation sites is 1. The minimum Gasteiger partial charge on any atom is -0.493 e. The van der Waals surface area contributed by atoms with Crippen LogP contribution >= 0.6 is 11.8 Å². The number of aryl methyl sites for hydroxylation is 2. The van der Waals surface area contributed by atoms with Crippen LogP contribution in [0.3, 0.4) is 0 Å². The van der Waals surface area contributed by atoms with Crippen molar-refractivity contribution in [1.29, 1.82) is 0 Å². The molecule has 2 aromatic carbocycles. The van der Waals surface area contributed by atoms with E-state index in [4.69, 9.17) is 14.2 Å². The number of nitrogens with one attached hydrogen (secondary N) is 1. The molecule has 1 fully saturated rings. The van der Waals surface area contributed by atoms with Gasteiger partial charge < -0.3 is 14.2 Å². The molecule has 1 saturated heterocycles. The number of hydrogen-bond acceptors (Lipinski definition) is 6. The number of amides is 2. The maximum atomic E-state index is 11.8. The van der Waals surface area contributed by atoms with Gasteiger partial charge in [-0.15, -0.1) is 0 Å². The second kappa shape index (κ2) is 9.52. The lowest BCUT2D eigenvalue weighted by molar-refractivity contribution is -0.115. The Morgan fingerprint density at radius 1 is 1.03 bits per heavy atom. The van der Waals surface area contributed by atoms with Crippen molar-refractivity contribution in [2.24, 2.45) is 0 Å². The summed E-state index contributed by atoms with van der Waals surface area (Å²) in [4.78, 5) is 23.5. The lowest BCUT2D eigenvalue weighted by Gasteiger charge is -2.14. The van der Waals surface area contributed by atoms with Crippen molar-refractivity contribution < 1.29 is 23.8 Å². The third-order valence-electron chi connectivity index (χ3n) is 4.16. The highest BCUT2D eigenvalue weighted by Gasteiger charge is 2.25. The first-order chi connectivity index (χ1) is 14.0. The van der Waals surface area contributed by atoms with Gasteiger partial charge in [0.2, 0.25) is 0 Å². The Morgan fingerprint density at radius 3 is 2.41 bits per heavy atom. The van der Waals surface area contributed by atoms with E-state index in [1.165, 1.54) is 0 Å². The molecule has 0 unspecified atom stereocenters.